The number of anilines is 1. The van der Waals surface area contributed by atoms with Crippen molar-refractivity contribution in [3.05, 3.63) is 58.4 Å². The van der Waals surface area contributed by atoms with Crippen LogP contribution in [0.15, 0.2) is 36.7 Å². The molecule has 6 nitrogen and oxygen atoms in total. The molecule has 0 radical (unpaired) electrons. The maximum absolute atomic E-state index is 13.2. The van der Waals surface area contributed by atoms with Gasteiger partial charge in [-0.05, 0) is 88.3 Å². The zero-order valence-electron chi connectivity index (χ0n) is 19.0. The van der Waals surface area contributed by atoms with Crippen molar-refractivity contribution in [2.45, 2.75) is 57.7 Å². The molecule has 0 spiro atoms. The van der Waals surface area contributed by atoms with E-state index in [0.717, 1.165) is 36.1 Å². The van der Waals surface area contributed by atoms with Crippen LogP contribution in [0.1, 0.15) is 62.0 Å². The summed E-state index contributed by atoms with van der Waals surface area (Å²) in [6.07, 6.45) is 6.10. The van der Waals surface area contributed by atoms with Crippen LogP contribution in [0.2, 0.25) is 5.02 Å². The number of hydrogen-bond donors (Lipinski definition) is 0. The van der Waals surface area contributed by atoms with E-state index < -0.39 is 20.8 Å². The number of halogens is 1. The number of pyridine rings is 1. The number of rotatable bonds is 5. The Morgan fingerprint density at radius 3 is 2.69 bits per heavy atom. The van der Waals surface area contributed by atoms with Gasteiger partial charge in [-0.25, -0.2) is 12.7 Å². The fourth-order valence-electron chi connectivity index (χ4n) is 4.91. The summed E-state index contributed by atoms with van der Waals surface area (Å²) in [5, 5.41) is 0.196. The number of aromatic nitrogens is 1. The van der Waals surface area contributed by atoms with Crippen molar-refractivity contribution in [3.63, 3.8) is 0 Å². The number of nitrogens with zero attached hydrogens (tertiary/aromatic N) is 3. The minimum absolute atomic E-state index is 0.0625. The van der Waals surface area contributed by atoms with Crippen LogP contribution in [-0.2, 0) is 22.0 Å². The number of sulfonamides is 1. The van der Waals surface area contributed by atoms with E-state index in [1.54, 1.807) is 41.4 Å². The van der Waals surface area contributed by atoms with Crippen LogP contribution in [0.5, 0.6) is 0 Å². The highest BCUT2D eigenvalue weighted by atomic mass is 35.5. The Bertz CT molecular complexity index is 1150. The van der Waals surface area contributed by atoms with E-state index in [1.165, 1.54) is 0 Å². The Kier molecular flexibility index (Phi) is 6.11. The molecule has 3 heterocycles. The second kappa shape index (κ2) is 8.43. The van der Waals surface area contributed by atoms with Gasteiger partial charge in [0.15, 0.2) is 0 Å². The molecule has 1 aromatic carbocycles. The maximum atomic E-state index is 13.2. The van der Waals surface area contributed by atoms with Crippen LogP contribution < -0.4 is 4.90 Å². The molecule has 1 atom stereocenters. The molecule has 0 saturated carbocycles. The smallest absolute Gasteiger partial charge is 0.259 e. The Morgan fingerprint density at radius 2 is 1.97 bits per heavy atom. The van der Waals surface area contributed by atoms with Crippen molar-refractivity contribution in [2.75, 3.05) is 18.0 Å². The third kappa shape index (κ3) is 4.06. The van der Waals surface area contributed by atoms with Crippen molar-refractivity contribution in [1.82, 2.24) is 9.29 Å². The molecule has 2 aliphatic heterocycles. The van der Waals surface area contributed by atoms with E-state index in [1.807, 2.05) is 32.2 Å². The summed E-state index contributed by atoms with van der Waals surface area (Å²) < 4.78 is 26.9. The molecule has 8 heteroatoms. The SMILES string of the molecule is CC(C)S(=O)(=O)N1CCCC(Cc2cncc(N3C(=O)c4ccc(Cl)cc4C3(C)C)c2)C1. The van der Waals surface area contributed by atoms with E-state index in [4.69, 9.17) is 11.6 Å². The number of piperidine rings is 1. The van der Waals surface area contributed by atoms with E-state index in [0.29, 0.717) is 23.7 Å². The molecule has 0 N–H and O–H groups in total. The van der Waals surface area contributed by atoms with Gasteiger partial charge in [-0.1, -0.05) is 11.6 Å². The highest BCUT2D eigenvalue weighted by Gasteiger charge is 2.44. The van der Waals surface area contributed by atoms with Gasteiger partial charge >= 0.3 is 0 Å². The Labute approximate surface area is 195 Å². The van der Waals surface area contributed by atoms with E-state index in [2.05, 4.69) is 4.98 Å². The lowest BCUT2D eigenvalue weighted by Gasteiger charge is -2.34. The lowest BCUT2D eigenvalue weighted by Crippen LogP contribution is -2.43. The zero-order chi connectivity index (χ0) is 23.3. The molecule has 2 aromatic rings. The summed E-state index contributed by atoms with van der Waals surface area (Å²) in [7, 11) is -3.25. The molecule has 4 rings (SSSR count). The lowest BCUT2D eigenvalue weighted by atomic mass is 9.92. The molecule has 1 unspecified atom stereocenters. The van der Waals surface area contributed by atoms with Gasteiger partial charge < -0.3 is 0 Å². The molecule has 172 valence electrons. The van der Waals surface area contributed by atoms with E-state index in [9.17, 15) is 13.2 Å². The average molecular weight is 476 g/mol. The molecule has 1 aromatic heterocycles. The third-order valence-corrected chi connectivity index (χ3v) is 9.11. The van der Waals surface area contributed by atoms with Gasteiger partial charge in [0.1, 0.15) is 0 Å². The summed E-state index contributed by atoms with van der Waals surface area (Å²) in [4.78, 5) is 19.4. The number of hydrogen-bond acceptors (Lipinski definition) is 4. The molecule has 1 amide bonds. The Balaban J connectivity index is 1.57. The van der Waals surface area contributed by atoms with Gasteiger partial charge in [-0.2, -0.15) is 0 Å². The molecule has 2 aliphatic rings. The van der Waals surface area contributed by atoms with Gasteiger partial charge in [-0.15, -0.1) is 0 Å². The minimum Gasteiger partial charge on any atom is -0.297 e. The second-order valence-electron chi connectivity index (χ2n) is 9.60. The molecular weight excluding hydrogens is 446 g/mol. The number of carbonyl (C=O) groups is 1. The first-order valence-corrected chi connectivity index (χ1v) is 13.0. The molecule has 1 fully saturated rings. The molecule has 0 bridgehead atoms. The second-order valence-corrected chi connectivity index (χ2v) is 12.5. The lowest BCUT2D eigenvalue weighted by molar-refractivity contribution is 0.0982. The van der Waals surface area contributed by atoms with E-state index in [-0.39, 0.29) is 11.8 Å². The van der Waals surface area contributed by atoms with Crippen molar-refractivity contribution < 1.29 is 13.2 Å². The van der Waals surface area contributed by atoms with Gasteiger partial charge in [0, 0.05) is 29.9 Å². The van der Waals surface area contributed by atoms with Crippen LogP contribution >= 0.6 is 11.6 Å². The number of fused-ring (bicyclic) bond motifs is 1. The highest BCUT2D eigenvalue weighted by Crippen LogP contribution is 2.42. The maximum Gasteiger partial charge on any atom is 0.259 e. The molecule has 1 saturated heterocycles. The quantitative estimate of drug-likeness (QED) is 0.632. The van der Waals surface area contributed by atoms with Gasteiger partial charge in [-0.3, -0.25) is 14.7 Å². The monoisotopic (exact) mass is 475 g/mol. The fraction of sp³-hybridized carbons (Fsp3) is 0.500. The number of carbonyl (C=O) groups excluding carboxylic acids is 1. The van der Waals surface area contributed by atoms with Gasteiger partial charge in [0.2, 0.25) is 10.0 Å². The summed E-state index contributed by atoms with van der Waals surface area (Å²) in [6, 6.07) is 7.39. The van der Waals surface area contributed by atoms with Gasteiger partial charge in [0.05, 0.1) is 22.7 Å². The van der Waals surface area contributed by atoms with Crippen LogP contribution in [-0.4, -0.2) is 42.0 Å². The predicted octanol–water partition coefficient (Wildman–Crippen LogP) is 4.62. The van der Waals surface area contributed by atoms with Crippen molar-refractivity contribution in [3.8, 4) is 0 Å². The summed E-state index contributed by atoms with van der Waals surface area (Å²) in [5.41, 5.74) is 2.76. The molecular formula is C24H30ClN3O3S. The standard InChI is InChI=1S/C24H30ClN3O3S/c1-16(2)32(30,31)27-9-5-6-17(15-27)10-18-11-20(14-26-13-18)28-23(29)21-8-7-19(25)12-22(21)24(28,3)4/h7-8,11-14,16-17H,5-6,9-10,15H2,1-4H3. The predicted molar refractivity (Wildman–Crippen MR) is 128 cm³/mol. The minimum atomic E-state index is -3.25. The van der Waals surface area contributed by atoms with E-state index >= 15 is 0 Å². The van der Waals surface area contributed by atoms with Crippen LogP contribution in [0.3, 0.4) is 0 Å². The molecule has 0 aliphatic carbocycles. The largest absolute Gasteiger partial charge is 0.297 e. The summed E-state index contributed by atoms with van der Waals surface area (Å²) in [5.74, 6) is 0.167. The Morgan fingerprint density at radius 1 is 1.22 bits per heavy atom. The number of amides is 1. The first-order valence-electron chi connectivity index (χ1n) is 11.1. The first kappa shape index (κ1) is 23.2. The van der Waals surface area contributed by atoms with Crippen molar-refractivity contribution >= 4 is 33.2 Å². The number of benzene rings is 1. The first-order chi connectivity index (χ1) is 15.0. The Hall–Kier alpha value is -1.96. The van der Waals surface area contributed by atoms with Crippen molar-refractivity contribution in [2.24, 2.45) is 5.92 Å². The molecule has 32 heavy (non-hydrogen) atoms. The van der Waals surface area contributed by atoms with Crippen LogP contribution in [0, 0.1) is 5.92 Å². The zero-order valence-corrected chi connectivity index (χ0v) is 20.6. The highest BCUT2D eigenvalue weighted by molar-refractivity contribution is 7.89. The topological polar surface area (TPSA) is 70.6 Å². The van der Waals surface area contributed by atoms with Crippen LogP contribution in [0.25, 0.3) is 0 Å². The summed E-state index contributed by atoms with van der Waals surface area (Å²) >= 11 is 6.20. The van der Waals surface area contributed by atoms with Crippen LogP contribution in [0.4, 0.5) is 5.69 Å². The fourth-order valence-corrected chi connectivity index (χ4v) is 6.48. The van der Waals surface area contributed by atoms with Crippen molar-refractivity contribution in [1.29, 1.82) is 0 Å². The third-order valence-electron chi connectivity index (χ3n) is 6.63. The average Bonchev–Trinajstić information content (AvgIpc) is 2.93. The van der Waals surface area contributed by atoms with Gasteiger partial charge in [0.25, 0.3) is 5.91 Å². The normalized spacial score (nSPS) is 21.2. The summed E-state index contributed by atoms with van der Waals surface area (Å²) in [6.45, 7) is 8.60.